The van der Waals surface area contributed by atoms with Crippen LogP contribution in [0, 0.1) is 5.82 Å². The number of benzene rings is 1. The van der Waals surface area contributed by atoms with Crippen LogP contribution in [0.15, 0.2) is 35.7 Å². The minimum Gasteiger partial charge on any atom is -0.394 e. The van der Waals surface area contributed by atoms with E-state index in [0.717, 1.165) is 5.56 Å². The SMILES string of the molecule is NC1=C(NCc2ccc(F)cc2)C2(CCC1=O)CO2. The third kappa shape index (κ3) is 2.21. The Balaban J connectivity index is 1.76. The number of halogens is 1. The Bertz CT molecular complexity index is 547. The summed E-state index contributed by atoms with van der Waals surface area (Å²) in [7, 11) is 0. The van der Waals surface area contributed by atoms with Gasteiger partial charge < -0.3 is 15.8 Å². The molecular weight excluding hydrogens is 247 g/mol. The number of nitrogens with one attached hydrogen (secondary N) is 1. The lowest BCUT2D eigenvalue weighted by molar-refractivity contribution is -0.116. The lowest BCUT2D eigenvalue weighted by Crippen LogP contribution is -2.37. The fraction of sp³-hybridized carbons (Fsp3) is 0.357. The van der Waals surface area contributed by atoms with Crippen LogP contribution in [0.3, 0.4) is 0 Å². The van der Waals surface area contributed by atoms with Crippen LogP contribution in [0.25, 0.3) is 0 Å². The Labute approximate surface area is 110 Å². The zero-order valence-corrected chi connectivity index (χ0v) is 10.4. The van der Waals surface area contributed by atoms with Gasteiger partial charge in [-0.2, -0.15) is 0 Å². The Morgan fingerprint density at radius 1 is 1.37 bits per heavy atom. The van der Waals surface area contributed by atoms with E-state index in [1.54, 1.807) is 12.1 Å². The van der Waals surface area contributed by atoms with E-state index in [1.807, 2.05) is 0 Å². The van der Waals surface area contributed by atoms with Crippen molar-refractivity contribution in [3.05, 3.63) is 47.0 Å². The van der Waals surface area contributed by atoms with Crippen LogP contribution in [0.4, 0.5) is 4.39 Å². The van der Waals surface area contributed by atoms with Gasteiger partial charge in [-0.05, 0) is 24.1 Å². The molecule has 1 unspecified atom stereocenters. The van der Waals surface area contributed by atoms with Crippen LogP contribution >= 0.6 is 0 Å². The molecule has 100 valence electrons. The summed E-state index contributed by atoms with van der Waals surface area (Å²) in [5.74, 6) is -0.306. The molecule has 0 bridgehead atoms. The first-order chi connectivity index (χ1) is 9.11. The number of nitrogens with two attached hydrogens (primary N) is 1. The monoisotopic (exact) mass is 262 g/mol. The summed E-state index contributed by atoms with van der Waals surface area (Å²) < 4.78 is 18.3. The van der Waals surface area contributed by atoms with Crippen LogP contribution in [0.2, 0.25) is 0 Å². The van der Waals surface area contributed by atoms with Crippen LogP contribution in [0.1, 0.15) is 18.4 Å². The van der Waals surface area contributed by atoms with Gasteiger partial charge in [-0.3, -0.25) is 4.79 Å². The number of allylic oxidation sites excluding steroid dienone is 1. The Hall–Kier alpha value is -1.88. The Morgan fingerprint density at radius 3 is 2.68 bits per heavy atom. The van der Waals surface area contributed by atoms with Crippen molar-refractivity contribution in [3.63, 3.8) is 0 Å². The summed E-state index contributed by atoms with van der Waals surface area (Å²) in [4.78, 5) is 11.6. The molecule has 1 heterocycles. The normalized spacial score (nSPS) is 25.8. The van der Waals surface area contributed by atoms with Crippen LogP contribution in [-0.4, -0.2) is 18.0 Å². The van der Waals surface area contributed by atoms with Crippen LogP contribution in [0.5, 0.6) is 0 Å². The molecule has 0 aromatic heterocycles. The van der Waals surface area contributed by atoms with E-state index in [4.69, 9.17) is 10.5 Å². The maximum Gasteiger partial charge on any atom is 0.180 e. The molecule has 3 N–H and O–H groups in total. The predicted octanol–water partition coefficient (Wildman–Crippen LogP) is 1.22. The number of carbonyl (C=O) groups excluding carboxylic acids is 1. The van der Waals surface area contributed by atoms with Gasteiger partial charge in [0.25, 0.3) is 0 Å². The lowest BCUT2D eigenvalue weighted by atomic mass is 9.89. The van der Waals surface area contributed by atoms with Crippen molar-refractivity contribution in [2.24, 2.45) is 5.73 Å². The van der Waals surface area contributed by atoms with Crippen molar-refractivity contribution < 1.29 is 13.9 Å². The third-order valence-corrected chi connectivity index (χ3v) is 3.66. The van der Waals surface area contributed by atoms with Crippen molar-refractivity contribution in [1.29, 1.82) is 0 Å². The number of ketones is 1. The van der Waals surface area contributed by atoms with Crippen molar-refractivity contribution >= 4 is 5.78 Å². The smallest absolute Gasteiger partial charge is 0.180 e. The number of carbonyl (C=O) groups is 1. The summed E-state index contributed by atoms with van der Waals surface area (Å²) >= 11 is 0. The van der Waals surface area contributed by atoms with Crippen molar-refractivity contribution in [2.75, 3.05) is 6.61 Å². The molecule has 1 saturated heterocycles. The van der Waals surface area contributed by atoms with Gasteiger partial charge in [0.15, 0.2) is 5.78 Å². The zero-order chi connectivity index (χ0) is 13.5. The molecule has 0 amide bonds. The topological polar surface area (TPSA) is 67.6 Å². The molecule has 0 saturated carbocycles. The van der Waals surface area contributed by atoms with E-state index >= 15 is 0 Å². The van der Waals surface area contributed by atoms with Gasteiger partial charge in [0.05, 0.1) is 18.0 Å². The summed E-state index contributed by atoms with van der Waals surface area (Å²) in [6.45, 7) is 1.10. The van der Waals surface area contributed by atoms with E-state index in [2.05, 4.69) is 5.32 Å². The molecule has 19 heavy (non-hydrogen) atoms. The number of rotatable bonds is 3. The van der Waals surface area contributed by atoms with E-state index in [0.29, 0.717) is 31.7 Å². The third-order valence-electron chi connectivity index (χ3n) is 3.66. The number of ether oxygens (including phenoxy) is 1. The van der Waals surface area contributed by atoms with Crippen LogP contribution < -0.4 is 11.1 Å². The highest BCUT2D eigenvalue weighted by Crippen LogP contribution is 2.42. The second-order valence-corrected chi connectivity index (χ2v) is 4.97. The Kier molecular flexibility index (Phi) is 2.78. The first-order valence-corrected chi connectivity index (χ1v) is 6.26. The summed E-state index contributed by atoms with van der Waals surface area (Å²) in [5, 5.41) is 3.18. The molecule has 1 aliphatic carbocycles. The molecule has 1 aromatic rings. The molecule has 1 atom stereocenters. The zero-order valence-electron chi connectivity index (χ0n) is 10.4. The first kappa shape index (κ1) is 12.2. The number of epoxide rings is 1. The molecule has 1 aliphatic heterocycles. The molecule has 2 aliphatic rings. The minimum absolute atomic E-state index is 0.0391. The number of hydrogen-bond acceptors (Lipinski definition) is 4. The summed E-state index contributed by atoms with van der Waals surface area (Å²) in [6.07, 6.45) is 1.12. The highest BCUT2D eigenvalue weighted by molar-refractivity contribution is 5.96. The molecule has 4 nitrogen and oxygen atoms in total. The van der Waals surface area contributed by atoms with Crippen LogP contribution in [-0.2, 0) is 16.1 Å². The molecule has 3 rings (SSSR count). The quantitative estimate of drug-likeness (QED) is 0.804. The van der Waals surface area contributed by atoms with Gasteiger partial charge in [-0.1, -0.05) is 12.1 Å². The summed E-state index contributed by atoms with van der Waals surface area (Å²) in [6, 6.07) is 6.21. The van der Waals surface area contributed by atoms with E-state index in [-0.39, 0.29) is 22.9 Å². The molecular formula is C14H15FN2O2. The lowest BCUT2D eigenvalue weighted by Gasteiger charge is -2.24. The highest BCUT2D eigenvalue weighted by atomic mass is 19.1. The average molecular weight is 262 g/mol. The maximum absolute atomic E-state index is 12.8. The standard InChI is InChI=1S/C14H15FN2O2/c15-10-3-1-9(2-4-10)7-17-13-12(16)11(18)5-6-14(13)8-19-14/h1-4,17H,5-8,16H2. The van der Waals surface area contributed by atoms with Gasteiger partial charge in [0, 0.05) is 13.0 Å². The predicted molar refractivity (Wildman–Crippen MR) is 67.4 cm³/mol. The van der Waals surface area contributed by atoms with Gasteiger partial charge >= 0.3 is 0 Å². The molecule has 1 aromatic carbocycles. The maximum atomic E-state index is 12.8. The fourth-order valence-corrected chi connectivity index (χ4v) is 2.38. The van der Waals surface area contributed by atoms with Crippen molar-refractivity contribution in [3.8, 4) is 0 Å². The van der Waals surface area contributed by atoms with E-state index < -0.39 is 0 Å². The van der Waals surface area contributed by atoms with E-state index in [1.165, 1.54) is 12.1 Å². The molecule has 0 radical (unpaired) electrons. The van der Waals surface area contributed by atoms with Gasteiger partial charge in [0.2, 0.25) is 0 Å². The molecule has 5 heteroatoms. The van der Waals surface area contributed by atoms with Gasteiger partial charge in [-0.15, -0.1) is 0 Å². The minimum atomic E-state index is -0.377. The summed E-state index contributed by atoms with van der Waals surface area (Å²) in [5.41, 5.74) is 7.36. The molecule has 1 fully saturated rings. The first-order valence-electron chi connectivity index (χ1n) is 6.26. The number of hydrogen-bond donors (Lipinski definition) is 2. The van der Waals surface area contributed by atoms with Gasteiger partial charge in [0.1, 0.15) is 11.4 Å². The Morgan fingerprint density at radius 2 is 2.05 bits per heavy atom. The fourth-order valence-electron chi connectivity index (χ4n) is 2.38. The second kappa shape index (κ2) is 4.35. The van der Waals surface area contributed by atoms with Crippen molar-refractivity contribution in [1.82, 2.24) is 5.32 Å². The van der Waals surface area contributed by atoms with Crippen molar-refractivity contribution in [2.45, 2.75) is 25.0 Å². The average Bonchev–Trinajstić information content (AvgIpc) is 3.17. The second-order valence-electron chi connectivity index (χ2n) is 4.97. The molecule has 1 spiro atoms. The largest absolute Gasteiger partial charge is 0.394 e. The number of Topliss-reactive ketones (excluding diaryl/α,β-unsaturated/α-hetero) is 1. The van der Waals surface area contributed by atoms with Gasteiger partial charge in [-0.25, -0.2) is 4.39 Å². The van der Waals surface area contributed by atoms with E-state index in [9.17, 15) is 9.18 Å². The highest BCUT2D eigenvalue weighted by Gasteiger charge is 2.52.